The number of thioether (sulfide) groups is 1. The van der Waals surface area contributed by atoms with E-state index in [0.29, 0.717) is 26.1 Å². The Morgan fingerprint density at radius 2 is 1.88 bits per heavy atom. The van der Waals surface area contributed by atoms with Gasteiger partial charge in [-0.1, -0.05) is 58.7 Å². The third kappa shape index (κ3) is 4.10. The Morgan fingerprint density at radius 3 is 2.54 bits per heavy atom. The summed E-state index contributed by atoms with van der Waals surface area (Å²) < 4.78 is 0.242. The Labute approximate surface area is 170 Å². The maximum atomic E-state index is 12.6. The summed E-state index contributed by atoms with van der Waals surface area (Å²) in [6.07, 6.45) is 1.62. The maximum Gasteiger partial charge on any atom is 0.285 e. The molecule has 1 aliphatic heterocycles. The first-order valence-electron chi connectivity index (χ1n) is 7.46. The van der Waals surface area contributed by atoms with Crippen molar-refractivity contribution in [1.82, 2.24) is 10.4 Å². The van der Waals surface area contributed by atoms with Crippen molar-refractivity contribution in [3.05, 3.63) is 74.1 Å². The number of rotatable bonds is 3. The average Bonchev–Trinajstić information content (AvgIpc) is 2.85. The largest absolute Gasteiger partial charge is 0.285 e. The number of nitrogens with one attached hydrogen (secondary N) is 1. The molecule has 0 radical (unpaired) electrons. The van der Waals surface area contributed by atoms with Gasteiger partial charge in [0.2, 0.25) is 0 Å². The summed E-state index contributed by atoms with van der Waals surface area (Å²) in [6.45, 7) is 1.93. The lowest BCUT2D eigenvalue weighted by Gasteiger charge is -2.15. The molecule has 1 fully saturated rings. The quantitative estimate of drug-likeness (QED) is 0.567. The standard InChI is InChI=1S/C18H12Cl2N2O2S2/c1-10-2-4-11(5-3-10)16(23)21-22-17(24)15(26-18(22)25)8-12-6-7-13(19)9-14(12)20/h2-9H,1H3,(H,21,23)/b15-8-. The van der Waals surface area contributed by atoms with Crippen LogP contribution in [0.2, 0.25) is 10.0 Å². The summed E-state index contributed by atoms with van der Waals surface area (Å²) >= 11 is 18.3. The lowest BCUT2D eigenvalue weighted by Crippen LogP contribution is -2.44. The molecule has 0 atom stereocenters. The van der Waals surface area contributed by atoms with Crippen molar-refractivity contribution in [3.8, 4) is 0 Å². The number of thiocarbonyl (C=S) groups is 1. The van der Waals surface area contributed by atoms with E-state index in [4.69, 9.17) is 35.4 Å². The van der Waals surface area contributed by atoms with Crippen LogP contribution in [0.3, 0.4) is 0 Å². The van der Waals surface area contributed by atoms with E-state index in [1.54, 1.807) is 36.4 Å². The fourth-order valence-corrected chi connectivity index (χ4v) is 3.83. The van der Waals surface area contributed by atoms with Gasteiger partial charge in [0.25, 0.3) is 11.8 Å². The zero-order chi connectivity index (χ0) is 18.8. The predicted octanol–water partition coefficient (Wildman–Crippen LogP) is 4.85. The summed E-state index contributed by atoms with van der Waals surface area (Å²) in [4.78, 5) is 25.3. The van der Waals surface area contributed by atoms with E-state index in [-0.39, 0.29) is 4.32 Å². The number of nitrogens with zero attached hydrogens (tertiary/aromatic N) is 1. The summed E-state index contributed by atoms with van der Waals surface area (Å²) in [5.74, 6) is -0.821. The van der Waals surface area contributed by atoms with Crippen molar-refractivity contribution in [1.29, 1.82) is 0 Å². The molecule has 0 aromatic heterocycles. The Hall–Kier alpha value is -1.86. The van der Waals surface area contributed by atoms with E-state index in [2.05, 4.69) is 5.43 Å². The molecular weight excluding hydrogens is 411 g/mol. The highest BCUT2D eigenvalue weighted by atomic mass is 35.5. The molecule has 8 heteroatoms. The molecule has 132 valence electrons. The van der Waals surface area contributed by atoms with E-state index in [1.165, 1.54) is 0 Å². The number of amides is 2. The predicted molar refractivity (Wildman–Crippen MR) is 110 cm³/mol. The normalized spacial score (nSPS) is 15.7. The van der Waals surface area contributed by atoms with Crippen LogP contribution in [-0.2, 0) is 4.79 Å². The van der Waals surface area contributed by atoms with Gasteiger partial charge in [-0.15, -0.1) is 0 Å². The number of benzene rings is 2. The van der Waals surface area contributed by atoms with Crippen LogP contribution in [0.1, 0.15) is 21.5 Å². The van der Waals surface area contributed by atoms with E-state index in [1.807, 2.05) is 19.1 Å². The van der Waals surface area contributed by atoms with E-state index in [0.717, 1.165) is 22.3 Å². The Morgan fingerprint density at radius 1 is 1.19 bits per heavy atom. The van der Waals surface area contributed by atoms with Gasteiger partial charge < -0.3 is 0 Å². The van der Waals surface area contributed by atoms with Crippen LogP contribution >= 0.6 is 47.2 Å². The molecule has 3 rings (SSSR count). The number of halogens is 2. The van der Waals surface area contributed by atoms with Crippen molar-refractivity contribution in [2.24, 2.45) is 0 Å². The van der Waals surface area contributed by atoms with Crippen molar-refractivity contribution in [3.63, 3.8) is 0 Å². The molecule has 0 aliphatic carbocycles. The SMILES string of the molecule is Cc1ccc(C(=O)NN2C(=O)/C(=C/c3ccc(Cl)cc3Cl)SC2=S)cc1. The monoisotopic (exact) mass is 422 g/mol. The van der Waals surface area contributed by atoms with Crippen molar-refractivity contribution >= 4 is 69.4 Å². The van der Waals surface area contributed by atoms with Crippen LogP contribution in [0.5, 0.6) is 0 Å². The van der Waals surface area contributed by atoms with Crippen LogP contribution < -0.4 is 5.43 Å². The Bertz CT molecular complexity index is 943. The lowest BCUT2D eigenvalue weighted by molar-refractivity contribution is -0.123. The smallest absolute Gasteiger partial charge is 0.267 e. The number of hydrazine groups is 1. The van der Waals surface area contributed by atoms with Crippen LogP contribution in [0.4, 0.5) is 0 Å². The van der Waals surface area contributed by atoms with Crippen LogP contribution in [0.25, 0.3) is 6.08 Å². The topological polar surface area (TPSA) is 49.4 Å². The minimum absolute atomic E-state index is 0.242. The molecule has 4 nitrogen and oxygen atoms in total. The van der Waals surface area contributed by atoms with Crippen LogP contribution in [0.15, 0.2) is 47.4 Å². The van der Waals surface area contributed by atoms with Gasteiger partial charge in [0.15, 0.2) is 4.32 Å². The molecule has 26 heavy (non-hydrogen) atoms. The number of hydrogen-bond donors (Lipinski definition) is 1. The third-order valence-electron chi connectivity index (χ3n) is 3.57. The minimum atomic E-state index is -0.411. The van der Waals surface area contributed by atoms with Gasteiger partial charge >= 0.3 is 0 Å². The first-order chi connectivity index (χ1) is 12.3. The molecule has 1 aliphatic rings. The van der Waals surface area contributed by atoms with Gasteiger partial charge in [0.1, 0.15) is 0 Å². The van der Waals surface area contributed by atoms with Gasteiger partial charge in [0, 0.05) is 15.6 Å². The van der Waals surface area contributed by atoms with E-state index in [9.17, 15) is 9.59 Å². The Kier molecular flexibility index (Phi) is 5.67. The second kappa shape index (κ2) is 7.80. The van der Waals surface area contributed by atoms with E-state index < -0.39 is 11.8 Å². The lowest BCUT2D eigenvalue weighted by atomic mass is 10.1. The highest BCUT2D eigenvalue weighted by Gasteiger charge is 2.33. The highest BCUT2D eigenvalue weighted by molar-refractivity contribution is 8.26. The summed E-state index contributed by atoms with van der Waals surface area (Å²) in [5.41, 5.74) is 4.66. The summed E-state index contributed by atoms with van der Waals surface area (Å²) in [7, 11) is 0. The first-order valence-corrected chi connectivity index (χ1v) is 9.44. The molecular formula is C18H12Cl2N2O2S2. The molecule has 2 aromatic carbocycles. The summed E-state index contributed by atoms with van der Waals surface area (Å²) in [6, 6.07) is 12.0. The zero-order valence-corrected chi connectivity index (χ0v) is 16.6. The van der Waals surface area contributed by atoms with Gasteiger partial charge in [0.05, 0.1) is 4.91 Å². The van der Waals surface area contributed by atoms with E-state index >= 15 is 0 Å². The molecule has 0 unspecified atom stereocenters. The molecule has 1 heterocycles. The maximum absolute atomic E-state index is 12.6. The highest BCUT2D eigenvalue weighted by Crippen LogP contribution is 2.33. The second-order valence-corrected chi connectivity index (χ2v) is 8.01. The Balaban J connectivity index is 1.79. The molecule has 2 aromatic rings. The van der Waals surface area contributed by atoms with Crippen molar-refractivity contribution < 1.29 is 9.59 Å². The average molecular weight is 423 g/mol. The van der Waals surface area contributed by atoms with Crippen molar-refractivity contribution in [2.45, 2.75) is 6.92 Å². The number of carbonyl (C=O) groups is 2. The molecule has 1 N–H and O–H groups in total. The molecule has 0 saturated carbocycles. The number of hydrogen-bond acceptors (Lipinski definition) is 4. The molecule has 2 amide bonds. The fraction of sp³-hybridized carbons (Fsp3) is 0.0556. The van der Waals surface area contributed by atoms with Crippen molar-refractivity contribution in [2.75, 3.05) is 0 Å². The van der Waals surface area contributed by atoms with Gasteiger partial charge in [-0.2, -0.15) is 5.01 Å². The number of carbonyl (C=O) groups excluding carboxylic acids is 2. The van der Waals surface area contributed by atoms with Crippen LogP contribution in [-0.4, -0.2) is 21.1 Å². The van der Waals surface area contributed by atoms with Crippen LogP contribution in [0, 0.1) is 6.92 Å². The second-order valence-electron chi connectivity index (χ2n) is 5.49. The fourth-order valence-electron chi connectivity index (χ4n) is 2.19. The molecule has 0 spiro atoms. The number of aryl methyl sites for hydroxylation is 1. The van der Waals surface area contributed by atoms with Gasteiger partial charge in [-0.3, -0.25) is 15.0 Å². The third-order valence-corrected chi connectivity index (χ3v) is 5.43. The van der Waals surface area contributed by atoms with Gasteiger partial charge in [-0.05, 0) is 55.0 Å². The van der Waals surface area contributed by atoms with Gasteiger partial charge in [-0.25, -0.2) is 0 Å². The minimum Gasteiger partial charge on any atom is -0.267 e. The zero-order valence-electron chi connectivity index (χ0n) is 13.5. The first kappa shape index (κ1) is 18.9. The molecule has 1 saturated heterocycles. The summed E-state index contributed by atoms with van der Waals surface area (Å²) in [5, 5.41) is 1.99. The molecule has 0 bridgehead atoms.